The molecule has 1 nitrogen and oxygen atoms in total. The molecule has 82 valence electrons. The Hall–Kier alpha value is -1.10. The van der Waals surface area contributed by atoms with E-state index in [4.69, 9.17) is 5.73 Å². The lowest BCUT2D eigenvalue weighted by atomic mass is 10.0. The largest absolute Gasteiger partial charge is 0.416 e. The van der Waals surface area contributed by atoms with Gasteiger partial charge in [-0.25, -0.2) is 4.39 Å². The van der Waals surface area contributed by atoms with Crippen LogP contribution in [0.2, 0.25) is 0 Å². The van der Waals surface area contributed by atoms with Crippen LogP contribution >= 0.6 is 0 Å². The van der Waals surface area contributed by atoms with Crippen LogP contribution < -0.4 is 5.73 Å². The molecular formula is C10H9F4N. The van der Waals surface area contributed by atoms with E-state index in [9.17, 15) is 17.6 Å². The molecule has 15 heavy (non-hydrogen) atoms. The molecule has 1 aliphatic rings. The molecule has 0 amide bonds. The van der Waals surface area contributed by atoms with E-state index in [0.29, 0.717) is 6.42 Å². The van der Waals surface area contributed by atoms with Gasteiger partial charge in [-0.3, -0.25) is 0 Å². The fraction of sp³-hybridized carbons (Fsp3) is 0.400. The second-order valence-corrected chi connectivity index (χ2v) is 3.74. The lowest BCUT2D eigenvalue weighted by molar-refractivity contribution is -0.138. The molecule has 1 aliphatic carbocycles. The molecule has 2 N–H and O–H groups in total. The Bertz CT molecular complexity index is 385. The molecule has 1 saturated carbocycles. The zero-order valence-corrected chi connectivity index (χ0v) is 7.68. The van der Waals surface area contributed by atoms with Crippen molar-refractivity contribution in [3.05, 3.63) is 35.1 Å². The third-order valence-corrected chi connectivity index (χ3v) is 2.56. The van der Waals surface area contributed by atoms with Gasteiger partial charge < -0.3 is 5.73 Å². The molecule has 0 heterocycles. The van der Waals surface area contributed by atoms with Gasteiger partial charge in [-0.1, -0.05) is 0 Å². The van der Waals surface area contributed by atoms with Crippen molar-refractivity contribution >= 4 is 0 Å². The van der Waals surface area contributed by atoms with Crippen LogP contribution in [-0.4, -0.2) is 6.04 Å². The number of alkyl halides is 3. The van der Waals surface area contributed by atoms with Crippen LogP contribution in [-0.2, 0) is 6.18 Å². The minimum absolute atomic E-state index is 0.0185. The highest BCUT2D eigenvalue weighted by molar-refractivity contribution is 5.38. The molecule has 1 aromatic carbocycles. The van der Waals surface area contributed by atoms with Crippen molar-refractivity contribution in [1.29, 1.82) is 0 Å². The van der Waals surface area contributed by atoms with Gasteiger partial charge in [0.15, 0.2) is 0 Å². The Kier molecular flexibility index (Phi) is 2.22. The standard InChI is InChI=1S/C10H9F4N/c11-5-1-2-8(10(12,13)14)6(3-5)7-4-9(7)15/h1-3,7,9H,4,15H2/t7-,9+/m0/s1. The molecule has 0 saturated heterocycles. The Morgan fingerprint density at radius 1 is 1.27 bits per heavy atom. The van der Waals surface area contributed by atoms with E-state index in [0.717, 1.165) is 18.2 Å². The third kappa shape index (κ3) is 1.97. The molecule has 0 aromatic heterocycles. The second-order valence-electron chi connectivity index (χ2n) is 3.74. The van der Waals surface area contributed by atoms with Crippen LogP contribution in [0.15, 0.2) is 18.2 Å². The monoisotopic (exact) mass is 219 g/mol. The van der Waals surface area contributed by atoms with Crippen molar-refractivity contribution in [3.63, 3.8) is 0 Å². The summed E-state index contributed by atoms with van der Waals surface area (Å²) in [5, 5.41) is 0. The molecule has 0 radical (unpaired) electrons. The highest BCUT2D eigenvalue weighted by Crippen LogP contribution is 2.45. The molecule has 0 aliphatic heterocycles. The maximum Gasteiger partial charge on any atom is 0.416 e. The Morgan fingerprint density at radius 2 is 1.87 bits per heavy atom. The molecule has 0 unspecified atom stereocenters. The van der Waals surface area contributed by atoms with Gasteiger partial charge in [0.05, 0.1) is 5.56 Å². The summed E-state index contributed by atoms with van der Waals surface area (Å²) in [7, 11) is 0. The van der Waals surface area contributed by atoms with Crippen molar-refractivity contribution in [2.24, 2.45) is 5.73 Å². The van der Waals surface area contributed by atoms with E-state index in [1.165, 1.54) is 0 Å². The van der Waals surface area contributed by atoms with Gasteiger partial charge in [0.25, 0.3) is 0 Å². The maximum absolute atomic E-state index is 12.8. The number of hydrogen-bond acceptors (Lipinski definition) is 1. The van der Waals surface area contributed by atoms with E-state index in [-0.39, 0.29) is 17.5 Å². The van der Waals surface area contributed by atoms with Gasteiger partial charge in [-0.15, -0.1) is 0 Å². The first-order valence-electron chi connectivity index (χ1n) is 4.52. The summed E-state index contributed by atoms with van der Waals surface area (Å²) in [5.41, 5.74) is 4.68. The maximum atomic E-state index is 12.8. The molecular weight excluding hydrogens is 210 g/mol. The average Bonchev–Trinajstić information content (AvgIpc) is 2.80. The molecule has 1 aromatic rings. The summed E-state index contributed by atoms with van der Waals surface area (Å²) in [6.07, 6.45) is -3.95. The Morgan fingerprint density at radius 3 is 2.33 bits per heavy atom. The number of nitrogens with two attached hydrogens (primary N) is 1. The van der Waals surface area contributed by atoms with Gasteiger partial charge in [0.2, 0.25) is 0 Å². The van der Waals surface area contributed by atoms with E-state index in [2.05, 4.69) is 0 Å². The van der Waals surface area contributed by atoms with Gasteiger partial charge in [-0.2, -0.15) is 13.2 Å². The Balaban J connectivity index is 2.45. The first-order valence-corrected chi connectivity index (χ1v) is 4.52. The van der Waals surface area contributed by atoms with Crippen LogP contribution in [0.4, 0.5) is 17.6 Å². The second kappa shape index (κ2) is 3.20. The Labute approximate surface area is 83.9 Å². The zero-order valence-electron chi connectivity index (χ0n) is 7.68. The van der Waals surface area contributed by atoms with Crippen LogP contribution in [0.3, 0.4) is 0 Å². The van der Waals surface area contributed by atoms with Gasteiger partial charge in [0.1, 0.15) is 5.82 Å². The van der Waals surface area contributed by atoms with Crippen LogP contribution in [0, 0.1) is 5.82 Å². The zero-order chi connectivity index (χ0) is 11.2. The summed E-state index contributed by atoms with van der Waals surface area (Å²) < 4.78 is 50.4. The topological polar surface area (TPSA) is 26.0 Å². The van der Waals surface area contributed by atoms with Crippen molar-refractivity contribution < 1.29 is 17.6 Å². The van der Waals surface area contributed by atoms with Crippen LogP contribution in [0.1, 0.15) is 23.5 Å². The van der Waals surface area contributed by atoms with E-state index in [1.807, 2.05) is 0 Å². The van der Waals surface area contributed by atoms with Gasteiger partial charge in [0, 0.05) is 12.0 Å². The smallest absolute Gasteiger partial charge is 0.327 e. The molecule has 0 bridgehead atoms. The summed E-state index contributed by atoms with van der Waals surface area (Å²) in [5.74, 6) is -1.01. The summed E-state index contributed by atoms with van der Waals surface area (Å²) in [4.78, 5) is 0. The lowest BCUT2D eigenvalue weighted by Gasteiger charge is -2.12. The molecule has 0 spiro atoms. The molecule has 5 heteroatoms. The quantitative estimate of drug-likeness (QED) is 0.722. The van der Waals surface area contributed by atoms with Crippen LogP contribution in [0.25, 0.3) is 0 Å². The van der Waals surface area contributed by atoms with Gasteiger partial charge in [-0.05, 0) is 30.2 Å². The van der Waals surface area contributed by atoms with Crippen molar-refractivity contribution in [3.8, 4) is 0 Å². The number of rotatable bonds is 1. The fourth-order valence-corrected chi connectivity index (χ4v) is 1.67. The van der Waals surface area contributed by atoms with Crippen molar-refractivity contribution in [2.75, 3.05) is 0 Å². The predicted octanol–water partition coefficient (Wildman–Crippen LogP) is 2.66. The number of benzene rings is 1. The van der Waals surface area contributed by atoms with E-state index >= 15 is 0 Å². The first kappa shape index (κ1) is 10.4. The normalized spacial score (nSPS) is 25.4. The highest BCUT2D eigenvalue weighted by Gasteiger charge is 2.42. The number of hydrogen-bond donors (Lipinski definition) is 1. The highest BCUT2D eigenvalue weighted by atomic mass is 19.4. The minimum atomic E-state index is -4.44. The molecule has 2 atom stereocenters. The van der Waals surface area contributed by atoms with Gasteiger partial charge >= 0.3 is 6.18 Å². The summed E-state index contributed by atoms with van der Waals surface area (Å²) in [6.45, 7) is 0. The predicted molar refractivity (Wildman–Crippen MR) is 46.7 cm³/mol. The first-order chi connectivity index (χ1) is 6.89. The third-order valence-electron chi connectivity index (χ3n) is 2.56. The summed E-state index contributed by atoms with van der Waals surface area (Å²) in [6, 6.07) is 2.25. The SMILES string of the molecule is N[C@@H]1C[C@H]1c1cc(F)ccc1C(F)(F)F. The fourth-order valence-electron chi connectivity index (χ4n) is 1.67. The molecule has 1 fully saturated rings. The summed E-state index contributed by atoms with van der Waals surface area (Å²) >= 11 is 0. The number of halogens is 4. The van der Waals surface area contributed by atoms with E-state index < -0.39 is 17.6 Å². The average molecular weight is 219 g/mol. The minimum Gasteiger partial charge on any atom is -0.327 e. The lowest BCUT2D eigenvalue weighted by Crippen LogP contribution is -2.11. The van der Waals surface area contributed by atoms with Crippen molar-refractivity contribution in [1.82, 2.24) is 0 Å². The van der Waals surface area contributed by atoms with Crippen molar-refractivity contribution in [2.45, 2.75) is 24.6 Å². The molecule has 2 rings (SSSR count). The van der Waals surface area contributed by atoms with Crippen LogP contribution in [0.5, 0.6) is 0 Å². The van der Waals surface area contributed by atoms with E-state index in [1.54, 1.807) is 0 Å².